The molecule has 6 heteroatoms. The van der Waals surface area contributed by atoms with Crippen molar-refractivity contribution in [2.45, 2.75) is 13.1 Å². The molecule has 3 aromatic rings. The number of amides is 3. The molecule has 2 aliphatic heterocycles. The Labute approximate surface area is 193 Å². The van der Waals surface area contributed by atoms with E-state index in [0.717, 1.165) is 25.2 Å². The molecule has 0 aliphatic carbocycles. The Bertz CT molecular complexity index is 1160. The number of fused-ring (bicyclic) bond motifs is 1. The first kappa shape index (κ1) is 21.1. The largest absolute Gasteiger partial charge is 0.328 e. The highest BCUT2D eigenvalue weighted by molar-refractivity contribution is 6.21. The Morgan fingerprint density at radius 3 is 2.03 bits per heavy atom. The summed E-state index contributed by atoms with van der Waals surface area (Å²) in [5.74, 6) is -0.576. The molecular formula is C27H26N3O3+. The summed E-state index contributed by atoms with van der Waals surface area (Å²) in [5, 5.41) is 0. The lowest BCUT2D eigenvalue weighted by Gasteiger charge is -2.32. The van der Waals surface area contributed by atoms with E-state index in [4.69, 9.17) is 0 Å². The average Bonchev–Trinajstić information content (AvgIpc) is 3.10. The molecule has 0 spiro atoms. The third-order valence-corrected chi connectivity index (χ3v) is 6.45. The summed E-state index contributed by atoms with van der Waals surface area (Å²) in [6.45, 7) is 4.37. The van der Waals surface area contributed by atoms with E-state index in [-0.39, 0.29) is 24.3 Å². The van der Waals surface area contributed by atoms with Gasteiger partial charge in [-0.2, -0.15) is 0 Å². The first-order valence-electron chi connectivity index (χ1n) is 11.3. The molecule has 166 valence electrons. The molecule has 2 aliphatic rings. The molecule has 3 amide bonds. The molecule has 1 fully saturated rings. The van der Waals surface area contributed by atoms with Gasteiger partial charge in [-0.05, 0) is 29.8 Å². The van der Waals surface area contributed by atoms with Crippen LogP contribution in [0, 0.1) is 0 Å². The summed E-state index contributed by atoms with van der Waals surface area (Å²) in [6.07, 6.45) is 0. The highest BCUT2D eigenvalue weighted by atomic mass is 16.2. The molecule has 1 saturated heterocycles. The van der Waals surface area contributed by atoms with Crippen molar-refractivity contribution in [3.63, 3.8) is 0 Å². The summed E-state index contributed by atoms with van der Waals surface area (Å²) in [5.41, 5.74) is 3.55. The van der Waals surface area contributed by atoms with Crippen LogP contribution >= 0.6 is 0 Å². The normalized spacial score (nSPS) is 16.2. The number of benzene rings is 3. The number of nitrogens with one attached hydrogen (secondary N) is 1. The molecule has 0 saturated carbocycles. The number of rotatable bonds is 5. The summed E-state index contributed by atoms with van der Waals surface area (Å²) in [4.78, 5) is 43.1. The molecule has 1 N–H and O–H groups in total. The number of quaternary nitrogens is 1. The quantitative estimate of drug-likeness (QED) is 0.618. The first-order chi connectivity index (χ1) is 16.1. The standard InChI is InChI=1S/C27H25N3O3/c31-25(29-15-13-28(14-16-29)18-20-7-2-1-3-8-20)22-10-6-9-21(17-22)19-30-26(32)23-11-4-5-12-24(23)27(30)33/h1-12,17H,13-16,18-19H2/p+1. The van der Waals surface area contributed by atoms with Gasteiger partial charge < -0.3 is 9.80 Å². The summed E-state index contributed by atoms with van der Waals surface area (Å²) in [6, 6.07) is 24.6. The van der Waals surface area contributed by atoms with E-state index in [2.05, 4.69) is 24.3 Å². The van der Waals surface area contributed by atoms with E-state index in [1.165, 1.54) is 15.4 Å². The molecule has 5 rings (SSSR count). The van der Waals surface area contributed by atoms with Gasteiger partial charge in [-0.1, -0.05) is 54.6 Å². The molecule has 0 radical (unpaired) electrons. The fraction of sp³-hybridized carbons (Fsp3) is 0.222. The van der Waals surface area contributed by atoms with Gasteiger partial charge in [-0.3, -0.25) is 19.3 Å². The maximum atomic E-state index is 13.1. The van der Waals surface area contributed by atoms with Gasteiger partial charge in [0.2, 0.25) is 0 Å². The SMILES string of the molecule is O=C(c1cccc(CN2C(=O)c3ccccc3C2=O)c1)N1CC[NH+](Cc2ccccc2)CC1. The average molecular weight is 441 g/mol. The Kier molecular flexibility index (Phi) is 5.75. The van der Waals surface area contributed by atoms with Gasteiger partial charge in [0, 0.05) is 11.1 Å². The molecule has 0 atom stereocenters. The highest BCUT2D eigenvalue weighted by Crippen LogP contribution is 2.24. The van der Waals surface area contributed by atoms with E-state index >= 15 is 0 Å². The van der Waals surface area contributed by atoms with E-state index in [0.29, 0.717) is 29.8 Å². The predicted octanol–water partition coefficient (Wildman–Crippen LogP) is 2.02. The zero-order valence-corrected chi connectivity index (χ0v) is 18.4. The topological polar surface area (TPSA) is 62.1 Å². The van der Waals surface area contributed by atoms with Gasteiger partial charge in [0.05, 0.1) is 43.9 Å². The number of carbonyl (C=O) groups excluding carboxylic acids is 3. The third kappa shape index (κ3) is 4.30. The van der Waals surface area contributed by atoms with Crippen LogP contribution in [0.15, 0.2) is 78.9 Å². The van der Waals surface area contributed by atoms with Crippen LogP contribution in [0.3, 0.4) is 0 Å². The number of nitrogens with zero attached hydrogens (tertiary/aromatic N) is 2. The van der Waals surface area contributed by atoms with Crippen LogP contribution < -0.4 is 4.90 Å². The lowest BCUT2D eigenvalue weighted by atomic mass is 10.1. The van der Waals surface area contributed by atoms with Crippen LogP contribution in [-0.2, 0) is 13.1 Å². The molecule has 6 nitrogen and oxygen atoms in total. The van der Waals surface area contributed by atoms with Gasteiger partial charge in [0.1, 0.15) is 6.54 Å². The van der Waals surface area contributed by atoms with E-state index in [1.54, 1.807) is 36.4 Å². The molecular weight excluding hydrogens is 414 g/mol. The van der Waals surface area contributed by atoms with Crippen molar-refractivity contribution in [1.82, 2.24) is 9.80 Å². The second-order valence-electron chi connectivity index (χ2n) is 8.65. The number of imide groups is 1. The number of hydrogen-bond acceptors (Lipinski definition) is 3. The van der Waals surface area contributed by atoms with Gasteiger partial charge in [-0.25, -0.2) is 0 Å². The second-order valence-corrected chi connectivity index (χ2v) is 8.65. The fourth-order valence-electron chi connectivity index (χ4n) is 4.64. The van der Waals surface area contributed by atoms with Crippen LogP contribution in [0.5, 0.6) is 0 Å². The van der Waals surface area contributed by atoms with Crippen molar-refractivity contribution in [3.05, 3.63) is 107 Å². The maximum absolute atomic E-state index is 13.1. The minimum absolute atomic E-state index is 0.00188. The molecule has 3 aromatic carbocycles. The summed E-state index contributed by atoms with van der Waals surface area (Å²) in [7, 11) is 0. The number of carbonyl (C=O) groups is 3. The first-order valence-corrected chi connectivity index (χ1v) is 11.3. The van der Waals surface area contributed by atoms with E-state index in [1.807, 2.05) is 23.1 Å². The van der Waals surface area contributed by atoms with E-state index in [9.17, 15) is 14.4 Å². The summed E-state index contributed by atoms with van der Waals surface area (Å²) < 4.78 is 0. The van der Waals surface area contributed by atoms with Gasteiger partial charge in [0.15, 0.2) is 0 Å². The van der Waals surface area contributed by atoms with Crippen LogP contribution in [0.25, 0.3) is 0 Å². The van der Waals surface area contributed by atoms with Crippen molar-refractivity contribution in [3.8, 4) is 0 Å². The number of hydrogen-bond donors (Lipinski definition) is 1. The fourth-order valence-corrected chi connectivity index (χ4v) is 4.64. The molecule has 0 unspecified atom stereocenters. The van der Waals surface area contributed by atoms with Crippen LogP contribution in [0.1, 0.15) is 42.2 Å². The third-order valence-electron chi connectivity index (χ3n) is 6.45. The minimum atomic E-state index is -0.287. The van der Waals surface area contributed by atoms with Gasteiger partial charge in [0.25, 0.3) is 17.7 Å². The second kappa shape index (κ2) is 9.00. The van der Waals surface area contributed by atoms with E-state index < -0.39 is 0 Å². The van der Waals surface area contributed by atoms with Crippen molar-refractivity contribution >= 4 is 17.7 Å². The van der Waals surface area contributed by atoms with Crippen molar-refractivity contribution in [2.75, 3.05) is 26.2 Å². The van der Waals surface area contributed by atoms with Crippen molar-refractivity contribution < 1.29 is 19.3 Å². The lowest BCUT2D eigenvalue weighted by molar-refractivity contribution is -0.917. The van der Waals surface area contributed by atoms with Gasteiger partial charge in [-0.15, -0.1) is 0 Å². The van der Waals surface area contributed by atoms with Crippen LogP contribution in [-0.4, -0.2) is 53.7 Å². The molecule has 33 heavy (non-hydrogen) atoms. The molecule has 2 heterocycles. The van der Waals surface area contributed by atoms with Crippen LogP contribution in [0.2, 0.25) is 0 Å². The Hall–Kier alpha value is -3.77. The highest BCUT2D eigenvalue weighted by Gasteiger charge is 2.35. The summed E-state index contributed by atoms with van der Waals surface area (Å²) >= 11 is 0. The molecule has 0 bridgehead atoms. The maximum Gasteiger partial charge on any atom is 0.261 e. The molecule has 0 aromatic heterocycles. The number of piperazine rings is 1. The monoisotopic (exact) mass is 440 g/mol. The lowest BCUT2D eigenvalue weighted by Crippen LogP contribution is -3.13. The minimum Gasteiger partial charge on any atom is -0.328 e. The zero-order valence-electron chi connectivity index (χ0n) is 18.4. The predicted molar refractivity (Wildman–Crippen MR) is 124 cm³/mol. The van der Waals surface area contributed by atoms with Crippen molar-refractivity contribution in [1.29, 1.82) is 0 Å². The smallest absolute Gasteiger partial charge is 0.261 e. The Morgan fingerprint density at radius 2 is 1.36 bits per heavy atom. The Morgan fingerprint density at radius 1 is 0.758 bits per heavy atom. The van der Waals surface area contributed by atoms with Crippen molar-refractivity contribution in [2.24, 2.45) is 0 Å². The van der Waals surface area contributed by atoms with Crippen LogP contribution in [0.4, 0.5) is 0 Å². The van der Waals surface area contributed by atoms with Gasteiger partial charge >= 0.3 is 0 Å². The zero-order chi connectivity index (χ0) is 22.8. The Balaban J connectivity index is 1.22.